The fourth-order valence-electron chi connectivity index (χ4n) is 2.49. The lowest BCUT2D eigenvalue weighted by Crippen LogP contribution is -2.22. The summed E-state index contributed by atoms with van der Waals surface area (Å²) >= 11 is 6.00. The maximum atomic E-state index is 11.6. The lowest BCUT2D eigenvalue weighted by Gasteiger charge is -2.24. The van der Waals surface area contributed by atoms with E-state index in [4.69, 9.17) is 17.3 Å². The van der Waals surface area contributed by atoms with Crippen molar-refractivity contribution in [1.82, 2.24) is 0 Å². The van der Waals surface area contributed by atoms with Crippen molar-refractivity contribution >= 4 is 23.3 Å². The summed E-state index contributed by atoms with van der Waals surface area (Å²) in [6.07, 6.45) is 3.81. The highest BCUT2D eigenvalue weighted by molar-refractivity contribution is 6.33. The van der Waals surface area contributed by atoms with E-state index in [-0.39, 0.29) is 5.92 Å². The van der Waals surface area contributed by atoms with Gasteiger partial charge in [0.05, 0.1) is 16.6 Å². The SMILES string of the molecule is CCCCC(CC)C(C(=O)O)c1cccc(Cl)c1N. The highest BCUT2D eigenvalue weighted by Crippen LogP contribution is 2.36. The maximum Gasteiger partial charge on any atom is 0.311 e. The van der Waals surface area contributed by atoms with Crippen LogP contribution in [0.1, 0.15) is 51.0 Å². The molecule has 0 spiro atoms. The molecular formula is C15H22ClNO2. The van der Waals surface area contributed by atoms with Crippen LogP contribution in [0.5, 0.6) is 0 Å². The van der Waals surface area contributed by atoms with Crippen LogP contribution in [-0.2, 0) is 4.79 Å². The third kappa shape index (κ3) is 3.87. The van der Waals surface area contributed by atoms with Gasteiger partial charge in [-0.3, -0.25) is 4.79 Å². The van der Waals surface area contributed by atoms with Crippen LogP contribution in [0.4, 0.5) is 5.69 Å². The number of nitrogen functional groups attached to an aromatic ring is 1. The van der Waals surface area contributed by atoms with Gasteiger partial charge in [0.2, 0.25) is 0 Å². The Morgan fingerprint density at radius 2 is 2.11 bits per heavy atom. The molecule has 3 N–H and O–H groups in total. The van der Waals surface area contributed by atoms with Gasteiger partial charge in [0.1, 0.15) is 0 Å². The Morgan fingerprint density at radius 3 is 2.63 bits per heavy atom. The van der Waals surface area contributed by atoms with Crippen molar-refractivity contribution in [2.24, 2.45) is 5.92 Å². The molecule has 0 fully saturated rings. The molecular weight excluding hydrogens is 262 g/mol. The molecule has 0 aromatic heterocycles. The summed E-state index contributed by atoms with van der Waals surface area (Å²) < 4.78 is 0. The minimum Gasteiger partial charge on any atom is -0.481 e. The van der Waals surface area contributed by atoms with Gasteiger partial charge in [-0.25, -0.2) is 0 Å². The molecule has 0 saturated heterocycles. The topological polar surface area (TPSA) is 63.3 Å². The zero-order chi connectivity index (χ0) is 14.4. The Hall–Kier alpha value is -1.22. The number of benzene rings is 1. The summed E-state index contributed by atoms with van der Waals surface area (Å²) in [5, 5.41) is 9.97. The van der Waals surface area contributed by atoms with Crippen molar-refractivity contribution in [3.8, 4) is 0 Å². The molecule has 0 saturated carbocycles. The number of hydrogen-bond acceptors (Lipinski definition) is 2. The summed E-state index contributed by atoms with van der Waals surface area (Å²) in [6.45, 7) is 4.13. The van der Waals surface area contributed by atoms with Gasteiger partial charge in [0.25, 0.3) is 0 Å². The number of para-hydroxylation sites is 1. The summed E-state index contributed by atoms with van der Waals surface area (Å²) in [5.74, 6) is -1.30. The molecule has 106 valence electrons. The quantitative estimate of drug-likeness (QED) is 0.733. The lowest BCUT2D eigenvalue weighted by molar-refractivity contribution is -0.140. The van der Waals surface area contributed by atoms with E-state index in [0.29, 0.717) is 16.3 Å². The minimum atomic E-state index is -0.822. The van der Waals surface area contributed by atoms with E-state index in [0.717, 1.165) is 25.7 Å². The Balaban J connectivity index is 3.11. The number of hydrogen-bond donors (Lipinski definition) is 2. The first-order valence-electron chi connectivity index (χ1n) is 6.79. The number of halogens is 1. The number of anilines is 1. The van der Waals surface area contributed by atoms with Gasteiger partial charge in [-0.2, -0.15) is 0 Å². The molecule has 2 atom stereocenters. The van der Waals surface area contributed by atoms with Gasteiger partial charge in [-0.15, -0.1) is 0 Å². The molecule has 1 aromatic carbocycles. The van der Waals surface area contributed by atoms with Gasteiger partial charge in [0, 0.05) is 0 Å². The van der Waals surface area contributed by atoms with Crippen molar-refractivity contribution in [2.75, 3.05) is 5.73 Å². The second kappa shape index (κ2) is 7.39. The Labute approximate surface area is 119 Å². The van der Waals surface area contributed by atoms with Crippen LogP contribution in [0.15, 0.2) is 18.2 Å². The van der Waals surface area contributed by atoms with E-state index in [2.05, 4.69) is 6.92 Å². The Morgan fingerprint density at radius 1 is 1.42 bits per heavy atom. The monoisotopic (exact) mass is 283 g/mol. The molecule has 0 aliphatic rings. The van der Waals surface area contributed by atoms with Crippen LogP contribution < -0.4 is 5.73 Å². The smallest absolute Gasteiger partial charge is 0.311 e. The van der Waals surface area contributed by atoms with Crippen LogP contribution in [0, 0.1) is 5.92 Å². The second-order valence-electron chi connectivity index (χ2n) is 4.87. The average Bonchev–Trinajstić information content (AvgIpc) is 2.38. The van der Waals surface area contributed by atoms with E-state index >= 15 is 0 Å². The number of aliphatic carboxylic acids is 1. The predicted molar refractivity (Wildman–Crippen MR) is 79.5 cm³/mol. The number of carbonyl (C=O) groups is 1. The molecule has 1 rings (SSSR count). The van der Waals surface area contributed by atoms with Crippen molar-refractivity contribution in [3.05, 3.63) is 28.8 Å². The molecule has 0 radical (unpaired) electrons. The van der Waals surface area contributed by atoms with E-state index in [1.807, 2.05) is 6.92 Å². The number of rotatable bonds is 7. The van der Waals surface area contributed by atoms with Crippen LogP contribution in [0.3, 0.4) is 0 Å². The summed E-state index contributed by atoms with van der Waals surface area (Å²) in [7, 11) is 0. The fraction of sp³-hybridized carbons (Fsp3) is 0.533. The highest BCUT2D eigenvalue weighted by Gasteiger charge is 2.30. The first-order valence-corrected chi connectivity index (χ1v) is 7.17. The molecule has 0 heterocycles. The van der Waals surface area contributed by atoms with Gasteiger partial charge in [-0.1, -0.05) is 56.8 Å². The van der Waals surface area contributed by atoms with Crippen LogP contribution >= 0.6 is 11.6 Å². The van der Waals surface area contributed by atoms with E-state index in [1.54, 1.807) is 18.2 Å². The molecule has 0 amide bonds. The van der Waals surface area contributed by atoms with Crippen LogP contribution in [0.2, 0.25) is 5.02 Å². The molecule has 0 aliphatic carbocycles. The number of carboxylic acid groups (broad SMARTS) is 1. The van der Waals surface area contributed by atoms with Crippen molar-refractivity contribution in [1.29, 1.82) is 0 Å². The largest absolute Gasteiger partial charge is 0.481 e. The van der Waals surface area contributed by atoms with E-state index in [1.165, 1.54) is 0 Å². The summed E-state index contributed by atoms with van der Waals surface area (Å²) in [6, 6.07) is 5.22. The highest BCUT2D eigenvalue weighted by atomic mass is 35.5. The molecule has 3 nitrogen and oxygen atoms in total. The zero-order valence-corrected chi connectivity index (χ0v) is 12.3. The molecule has 4 heteroatoms. The normalized spacial score (nSPS) is 14.1. The third-order valence-electron chi connectivity index (χ3n) is 3.61. The van der Waals surface area contributed by atoms with Gasteiger partial charge in [0.15, 0.2) is 0 Å². The molecule has 2 unspecified atom stereocenters. The average molecular weight is 284 g/mol. The first-order chi connectivity index (χ1) is 9.02. The minimum absolute atomic E-state index is 0.0956. The molecule has 19 heavy (non-hydrogen) atoms. The predicted octanol–water partition coefficient (Wildman–Crippen LogP) is 4.31. The fourth-order valence-corrected chi connectivity index (χ4v) is 2.67. The summed E-state index contributed by atoms with van der Waals surface area (Å²) in [4.78, 5) is 11.6. The van der Waals surface area contributed by atoms with Gasteiger partial charge in [-0.05, 0) is 24.0 Å². The maximum absolute atomic E-state index is 11.6. The zero-order valence-electron chi connectivity index (χ0n) is 11.5. The van der Waals surface area contributed by atoms with Crippen LogP contribution in [0.25, 0.3) is 0 Å². The van der Waals surface area contributed by atoms with Crippen molar-refractivity contribution < 1.29 is 9.90 Å². The van der Waals surface area contributed by atoms with E-state index in [9.17, 15) is 9.90 Å². The molecule has 0 aliphatic heterocycles. The standard InChI is InChI=1S/C15H22ClNO2/c1-3-5-7-10(4-2)13(15(18)19)11-8-6-9-12(16)14(11)17/h6,8-10,13H,3-5,7,17H2,1-2H3,(H,18,19). The van der Waals surface area contributed by atoms with Crippen LogP contribution in [-0.4, -0.2) is 11.1 Å². The summed E-state index contributed by atoms with van der Waals surface area (Å²) in [5.41, 5.74) is 6.98. The third-order valence-corrected chi connectivity index (χ3v) is 3.94. The first kappa shape index (κ1) is 15.8. The number of carboxylic acids is 1. The van der Waals surface area contributed by atoms with Gasteiger partial charge >= 0.3 is 5.97 Å². The second-order valence-corrected chi connectivity index (χ2v) is 5.28. The Kier molecular flexibility index (Phi) is 6.16. The van der Waals surface area contributed by atoms with Crippen molar-refractivity contribution in [3.63, 3.8) is 0 Å². The van der Waals surface area contributed by atoms with Crippen molar-refractivity contribution in [2.45, 2.75) is 45.4 Å². The van der Waals surface area contributed by atoms with E-state index < -0.39 is 11.9 Å². The Bertz CT molecular complexity index is 434. The number of unbranched alkanes of at least 4 members (excludes halogenated alkanes) is 1. The molecule has 0 bridgehead atoms. The van der Waals surface area contributed by atoms with Gasteiger partial charge < -0.3 is 10.8 Å². The molecule has 1 aromatic rings. The number of nitrogens with two attached hydrogens (primary N) is 1. The lowest BCUT2D eigenvalue weighted by atomic mass is 9.80.